The van der Waals surface area contributed by atoms with E-state index in [9.17, 15) is 19.2 Å². The fourth-order valence-corrected chi connectivity index (χ4v) is 2.18. The van der Waals surface area contributed by atoms with Gasteiger partial charge < -0.3 is 20.7 Å². The van der Waals surface area contributed by atoms with E-state index >= 15 is 0 Å². The van der Waals surface area contributed by atoms with E-state index in [0.29, 0.717) is 16.9 Å². The lowest BCUT2D eigenvalue weighted by Crippen LogP contribution is -2.38. The molecule has 132 valence electrons. The lowest BCUT2D eigenvalue weighted by molar-refractivity contribution is -0.126. The second-order valence-electron chi connectivity index (χ2n) is 4.65. The highest BCUT2D eigenvalue weighted by atomic mass is 32.2. The van der Waals surface area contributed by atoms with Crippen LogP contribution >= 0.6 is 11.8 Å². The standard InChI is InChI=1S/C15H17N5O4S/c1-25-15-10(7-16)6-11(8-20-15)14(24)18-3-2-12(22)19-9-13(23)17-4-5-21/h5-6,8H,2-4,9H2,1H3,(H,17,23)(H,18,24)(H,19,22). The molecule has 0 aromatic carbocycles. The molecule has 1 aromatic rings. The molecule has 1 rings (SSSR count). The lowest BCUT2D eigenvalue weighted by atomic mass is 10.2. The monoisotopic (exact) mass is 363 g/mol. The van der Waals surface area contributed by atoms with Gasteiger partial charge in [-0.25, -0.2) is 4.98 Å². The van der Waals surface area contributed by atoms with Crippen LogP contribution in [-0.4, -0.2) is 54.9 Å². The minimum absolute atomic E-state index is 0.0197. The smallest absolute Gasteiger partial charge is 0.252 e. The summed E-state index contributed by atoms with van der Waals surface area (Å²) in [6, 6.07) is 3.41. The van der Waals surface area contributed by atoms with Gasteiger partial charge in [-0.15, -0.1) is 11.8 Å². The van der Waals surface area contributed by atoms with E-state index in [0.717, 1.165) is 0 Å². The van der Waals surface area contributed by atoms with Crippen molar-refractivity contribution in [2.45, 2.75) is 11.4 Å². The Morgan fingerprint density at radius 3 is 2.68 bits per heavy atom. The van der Waals surface area contributed by atoms with Gasteiger partial charge >= 0.3 is 0 Å². The second kappa shape index (κ2) is 10.8. The summed E-state index contributed by atoms with van der Waals surface area (Å²) in [6.07, 6.45) is 3.65. The molecule has 0 aliphatic carbocycles. The highest BCUT2D eigenvalue weighted by Crippen LogP contribution is 2.17. The Bertz CT molecular complexity index is 702. The molecule has 1 heterocycles. The van der Waals surface area contributed by atoms with Gasteiger partial charge in [0.15, 0.2) is 0 Å². The Hall–Kier alpha value is -2.93. The third kappa shape index (κ3) is 7.01. The Morgan fingerprint density at radius 1 is 1.28 bits per heavy atom. The molecule has 0 atom stereocenters. The van der Waals surface area contributed by atoms with E-state index in [1.165, 1.54) is 24.0 Å². The number of hydrogen-bond donors (Lipinski definition) is 3. The van der Waals surface area contributed by atoms with Gasteiger partial charge in [-0.3, -0.25) is 14.4 Å². The zero-order chi connectivity index (χ0) is 18.7. The summed E-state index contributed by atoms with van der Waals surface area (Å²) in [5, 5.41) is 16.7. The van der Waals surface area contributed by atoms with E-state index in [1.807, 2.05) is 6.07 Å². The van der Waals surface area contributed by atoms with Gasteiger partial charge in [0.05, 0.1) is 24.2 Å². The van der Waals surface area contributed by atoms with Crippen LogP contribution in [0.15, 0.2) is 17.3 Å². The molecular formula is C15H17N5O4S. The van der Waals surface area contributed by atoms with E-state index in [4.69, 9.17) is 5.26 Å². The normalized spacial score (nSPS) is 9.60. The predicted molar refractivity (Wildman–Crippen MR) is 89.8 cm³/mol. The van der Waals surface area contributed by atoms with Crippen molar-refractivity contribution in [3.63, 3.8) is 0 Å². The van der Waals surface area contributed by atoms with Crippen LogP contribution in [0.4, 0.5) is 0 Å². The second-order valence-corrected chi connectivity index (χ2v) is 5.44. The molecule has 0 aliphatic heterocycles. The number of hydrogen-bond acceptors (Lipinski definition) is 7. The van der Waals surface area contributed by atoms with Crippen LogP contribution in [0.25, 0.3) is 0 Å². The molecule has 0 aliphatic rings. The molecule has 0 bridgehead atoms. The van der Waals surface area contributed by atoms with Crippen molar-refractivity contribution in [3.8, 4) is 6.07 Å². The Labute approximate surface area is 148 Å². The summed E-state index contributed by atoms with van der Waals surface area (Å²) in [6.45, 7) is -0.294. The number of aromatic nitrogens is 1. The maximum absolute atomic E-state index is 12.0. The van der Waals surface area contributed by atoms with Crippen molar-refractivity contribution >= 4 is 35.8 Å². The van der Waals surface area contributed by atoms with Gasteiger partial charge in [0.1, 0.15) is 17.4 Å². The fraction of sp³-hybridized carbons (Fsp3) is 0.333. The first kappa shape index (κ1) is 20.1. The summed E-state index contributed by atoms with van der Waals surface area (Å²) in [4.78, 5) is 48.8. The van der Waals surface area contributed by atoms with Gasteiger partial charge in [-0.05, 0) is 12.3 Å². The number of amides is 3. The van der Waals surface area contributed by atoms with Crippen molar-refractivity contribution in [2.75, 3.05) is 25.9 Å². The number of nitrogens with zero attached hydrogens (tertiary/aromatic N) is 2. The summed E-state index contributed by atoms with van der Waals surface area (Å²) >= 11 is 1.30. The van der Waals surface area contributed by atoms with E-state index in [-0.39, 0.29) is 31.6 Å². The van der Waals surface area contributed by atoms with Crippen LogP contribution in [-0.2, 0) is 14.4 Å². The van der Waals surface area contributed by atoms with Crippen LogP contribution in [0.2, 0.25) is 0 Å². The topological polar surface area (TPSA) is 141 Å². The number of thioether (sulfide) groups is 1. The number of carbonyl (C=O) groups excluding carboxylic acids is 4. The Balaban J connectivity index is 2.39. The van der Waals surface area contributed by atoms with Crippen LogP contribution in [0.3, 0.4) is 0 Å². The quantitative estimate of drug-likeness (QED) is 0.386. The maximum Gasteiger partial charge on any atom is 0.252 e. The zero-order valence-electron chi connectivity index (χ0n) is 13.5. The molecule has 1 aromatic heterocycles. The number of rotatable bonds is 9. The van der Waals surface area contributed by atoms with Crippen LogP contribution < -0.4 is 16.0 Å². The predicted octanol–water partition coefficient (Wildman–Crippen LogP) is -0.774. The van der Waals surface area contributed by atoms with Crippen molar-refractivity contribution in [1.29, 1.82) is 5.26 Å². The first-order chi connectivity index (χ1) is 12.0. The maximum atomic E-state index is 12.0. The van der Waals surface area contributed by atoms with Gasteiger partial charge in [-0.1, -0.05) is 0 Å². The number of pyridine rings is 1. The molecule has 3 N–H and O–H groups in total. The summed E-state index contributed by atoms with van der Waals surface area (Å²) in [5.41, 5.74) is 0.530. The largest absolute Gasteiger partial charge is 0.351 e. The highest BCUT2D eigenvalue weighted by molar-refractivity contribution is 7.98. The molecule has 0 radical (unpaired) electrons. The molecular weight excluding hydrogens is 346 g/mol. The van der Waals surface area contributed by atoms with Crippen molar-refractivity contribution in [3.05, 3.63) is 23.4 Å². The van der Waals surface area contributed by atoms with Crippen molar-refractivity contribution in [2.24, 2.45) is 0 Å². The molecule has 0 saturated heterocycles. The summed E-state index contributed by atoms with van der Waals surface area (Å²) in [7, 11) is 0. The molecule has 0 spiro atoms. The molecule has 0 unspecified atom stereocenters. The van der Waals surface area contributed by atoms with E-state index in [1.54, 1.807) is 6.26 Å². The number of carbonyl (C=O) groups is 4. The van der Waals surface area contributed by atoms with E-state index in [2.05, 4.69) is 20.9 Å². The molecule has 0 saturated carbocycles. The summed E-state index contributed by atoms with van der Waals surface area (Å²) < 4.78 is 0. The molecule has 10 heteroatoms. The van der Waals surface area contributed by atoms with Crippen molar-refractivity contribution < 1.29 is 19.2 Å². The minimum atomic E-state index is -0.478. The van der Waals surface area contributed by atoms with Gasteiger partial charge in [0.25, 0.3) is 5.91 Å². The van der Waals surface area contributed by atoms with E-state index < -0.39 is 17.7 Å². The number of nitrogens with one attached hydrogen (secondary N) is 3. The average molecular weight is 363 g/mol. The SMILES string of the molecule is CSc1ncc(C(=O)NCCC(=O)NCC(=O)NCC=O)cc1C#N. The first-order valence-corrected chi connectivity index (χ1v) is 8.43. The number of aldehydes is 1. The average Bonchev–Trinajstić information content (AvgIpc) is 2.63. The third-order valence-corrected chi connectivity index (χ3v) is 3.61. The molecule has 9 nitrogen and oxygen atoms in total. The minimum Gasteiger partial charge on any atom is -0.351 e. The molecule has 3 amide bonds. The first-order valence-electron chi connectivity index (χ1n) is 7.21. The van der Waals surface area contributed by atoms with Crippen molar-refractivity contribution in [1.82, 2.24) is 20.9 Å². The number of nitriles is 1. The Kier molecular flexibility index (Phi) is 8.67. The zero-order valence-corrected chi connectivity index (χ0v) is 14.3. The highest BCUT2D eigenvalue weighted by Gasteiger charge is 2.11. The van der Waals surface area contributed by atoms with Gasteiger partial charge in [-0.2, -0.15) is 5.26 Å². The van der Waals surface area contributed by atoms with Crippen LogP contribution in [0.5, 0.6) is 0 Å². The lowest BCUT2D eigenvalue weighted by Gasteiger charge is -2.07. The fourth-order valence-electron chi connectivity index (χ4n) is 1.70. The summed E-state index contributed by atoms with van der Waals surface area (Å²) in [5.74, 6) is -1.35. The molecule has 0 fully saturated rings. The van der Waals surface area contributed by atoms with Crippen LogP contribution in [0.1, 0.15) is 22.3 Å². The van der Waals surface area contributed by atoms with Crippen LogP contribution in [0, 0.1) is 11.3 Å². The third-order valence-electron chi connectivity index (χ3n) is 2.89. The molecule has 25 heavy (non-hydrogen) atoms. The van der Waals surface area contributed by atoms with Gasteiger partial charge in [0.2, 0.25) is 11.8 Å². The van der Waals surface area contributed by atoms with Gasteiger partial charge in [0, 0.05) is 19.2 Å². The Morgan fingerprint density at radius 2 is 2.04 bits per heavy atom.